The molecule has 1 aliphatic heterocycles. The fourth-order valence-corrected chi connectivity index (χ4v) is 2.43. The van der Waals surface area contributed by atoms with Gasteiger partial charge in [-0.1, -0.05) is 22.0 Å². The van der Waals surface area contributed by atoms with E-state index in [0.717, 1.165) is 30.7 Å². The predicted molar refractivity (Wildman–Crippen MR) is 76.7 cm³/mol. The fourth-order valence-electron chi connectivity index (χ4n) is 2.07. The third kappa shape index (κ3) is 3.98. The van der Waals surface area contributed by atoms with E-state index >= 15 is 0 Å². The number of benzene rings is 1. The Balaban J connectivity index is 1.79. The number of nitrogens with one attached hydrogen (secondary N) is 2. The molecule has 0 aromatic heterocycles. The van der Waals surface area contributed by atoms with Gasteiger partial charge in [-0.2, -0.15) is 0 Å². The van der Waals surface area contributed by atoms with Crippen LogP contribution in [0.5, 0.6) is 0 Å². The topological polar surface area (TPSA) is 27.3 Å². The van der Waals surface area contributed by atoms with Crippen LogP contribution in [0.1, 0.15) is 5.56 Å². The summed E-state index contributed by atoms with van der Waals surface area (Å²) in [5.74, 6) is 0. The number of nitrogens with zero attached hydrogens (tertiary/aromatic N) is 1. The second kappa shape index (κ2) is 6.38. The molecule has 17 heavy (non-hydrogen) atoms. The van der Waals surface area contributed by atoms with E-state index in [1.807, 2.05) is 0 Å². The number of piperazine rings is 1. The molecule has 1 aromatic rings. The van der Waals surface area contributed by atoms with Crippen molar-refractivity contribution < 1.29 is 0 Å². The van der Waals surface area contributed by atoms with E-state index in [9.17, 15) is 0 Å². The molecule has 0 amide bonds. The molecular weight excluding hydrogens is 278 g/mol. The Morgan fingerprint density at radius 2 is 2.12 bits per heavy atom. The summed E-state index contributed by atoms with van der Waals surface area (Å²) >= 11 is 3.51. The summed E-state index contributed by atoms with van der Waals surface area (Å²) in [7, 11) is 0. The first kappa shape index (κ1) is 12.9. The summed E-state index contributed by atoms with van der Waals surface area (Å²) < 4.78 is 1.13. The quantitative estimate of drug-likeness (QED) is 0.891. The summed E-state index contributed by atoms with van der Waals surface area (Å²) in [6.07, 6.45) is 0. The molecule has 1 heterocycles. The zero-order chi connectivity index (χ0) is 12.1. The van der Waals surface area contributed by atoms with Crippen molar-refractivity contribution in [2.24, 2.45) is 0 Å². The molecule has 0 radical (unpaired) electrons. The van der Waals surface area contributed by atoms with Gasteiger partial charge in [-0.3, -0.25) is 4.90 Å². The highest BCUT2D eigenvalue weighted by Gasteiger charge is 2.08. The Labute approximate surface area is 112 Å². The predicted octanol–water partition coefficient (Wildman–Crippen LogP) is 2.07. The van der Waals surface area contributed by atoms with Crippen molar-refractivity contribution in [3.8, 4) is 0 Å². The van der Waals surface area contributed by atoms with Gasteiger partial charge >= 0.3 is 0 Å². The van der Waals surface area contributed by atoms with E-state index in [-0.39, 0.29) is 0 Å². The summed E-state index contributed by atoms with van der Waals surface area (Å²) in [5.41, 5.74) is 2.53. The van der Waals surface area contributed by atoms with Crippen LogP contribution in [0.2, 0.25) is 0 Å². The van der Waals surface area contributed by atoms with E-state index in [0.29, 0.717) is 0 Å². The van der Waals surface area contributed by atoms with E-state index < -0.39 is 0 Å². The molecule has 1 aliphatic rings. The van der Waals surface area contributed by atoms with Gasteiger partial charge in [-0.05, 0) is 24.6 Å². The maximum Gasteiger partial charge on any atom is 0.0381 e. The largest absolute Gasteiger partial charge is 0.384 e. The molecule has 4 heteroatoms. The van der Waals surface area contributed by atoms with Crippen molar-refractivity contribution in [2.45, 2.75) is 6.92 Å². The average molecular weight is 298 g/mol. The van der Waals surface area contributed by atoms with E-state index in [2.05, 4.69) is 56.6 Å². The van der Waals surface area contributed by atoms with Gasteiger partial charge in [-0.25, -0.2) is 0 Å². The third-order valence-corrected chi connectivity index (χ3v) is 3.65. The van der Waals surface area contributed by atoms with Gasteiger partial charge in [0, 0.05) is 49.4 Å². The molecule has 2 N–H and O–H groups in total. The second-order valence-electron chi connectivity index (χ2n) is 4.48. The van der Waals surface area contributed by atoms with Gasteiger partial charge in [0.1, 0.15) is 0 Å². The van der Waals surface area contributed by atoms with E-state index in [1.165, 1.54) is 24.3 Å². The van der Waals surface area contributed by atoms with Crippen molar-refractivity contribution in [1.29, 1.82) is 0 Å². The van der Waals surface area contributed by atoms with Crippen LogP contribution in [0.15, 0.2) is 22.7 Å². The fraction of sp³-hybridized carbons (Fsp3) is 0.538. The number of halogens is 1. The summed E-state index contributed by atoms with van der Waals surface area (Å²) in [6, 6.07) is 6.36. The van der Waals surface area contributed by atoms with Crippen molar-refractivity contribution in [2.75, 3.05) is 44.6 Å². The molecule has 0 saturated carbocycles. The normalized spacial score (nSPS) is 17.1. The Bertz CT molecular complexity index is 362. The average Bonchev–Trinajstić information content (AvgIpc) is 2.35. The molecular formula is C13H20BrN3. The molecule has 0 unspecified atom stereocenters. The highest BCUT2D eigenvalue weighted by molar-refractivity contribution is 9.10. The van der Waals surface area contributed by atoms with Crippen LogP contribution in [-0.4, -0.2) is 44.2 Å². The lowest BCUT2D eigenvalue weighted by Crippen LogP contribution is -2.45. The molecule has 1 aromatic carbocycles. The van der Waals surface area contributed by atoms with Crippen molar-refractivity contribution >= 4 is 21.6 Å². The summed E-state index contributed by atoms with van der Waals surface area (Å²) in [6.45, 7) is 8.84. The highest BCUT2D eigenvalue weighted by Crippen LogP contribution is 2.20. The summed E-state index contributed by atoms with van der Waals surface area (Å²) in [4.78, 5) is 2.50. The minimum absolute atomic E-state index is 1.01. The van der Waals surface area contributed by atoms with Crippen LogP contribution in [0.25, 0.3) is 0 Å². The molecule has 0 bridgehead atoms. The number of hydrogen-bond donors (Lipinski definition) is 2. The molecule has 0 aliphatic carbocycles. The maximum atomic E-state index is 3.51. The van der Waals surface area contributed by atoms with E-state index in [1.54, 1.807) is 0 Å². The number of anilines is 1. The monoisotopic (exact) mass is 297 g/mol. The molecule has 2 rings (SSSR count). The van der Waals surface area contributed by atoms with Crippen LogP contribution >= 0.6 is 15.9 Å². The Morgan fingerprint density at radius 1 is 1.35 bits per heavy atom. The standard InChI is InChI=1S/C13H20BrN3/c1-11-2-3-12(14)10-13(11)16-6-9-17-7-4-15-5-8-17/h2-3,10,15-16H,4-9H2,1H3. The van der Waals surface area contributed by atoms with Gasteiger partial charge in [-0.15, -0.1) is 0 Å². The molecule has 3 nitrogen and oxygen atoms in total. The molecule has 1 saturated heterocycles. The molecule has 94 valence electrons. The number of rotatable bonds is 4. The van der Waals surface area contributed by atoms with Crippen LogP contribution in [0.4, 0.5) is 5.69 Å². The van der Waals surface area contributed by atoms with Crippen LogP contribution < -0.4 is 10.6 Å². The zero-order valence-corrected chi connectivity index (χ0v) is 11.9. The lowest BCUT2D eigenvalue weighted by Gasteiger charge is -2.27. The lowest BCUT2D eigenvalue weighted by atomic mass is 10.2. The van der Waals surface area contributed by atoms with Crippen LogP contribution in [0.3, 0.4) is 0 Å². The highest BCUT2D eigenvalue weighted by atomic mass is 79.9. The minimum atomic E-state index is 1.01. The van der Waals surface area contributed by atoms with Crippen molar-refractivity contribution in [3.63, 3.8) is 0 Å². The Morgan fingerprint density at radius 3 is 2.88 bits per heavy atom. The summed E-state index contributed by atoms with van der Waals surface area (Å²) in [5, 5.41) is 6.88. The first-order valence-corrected chi connectivity index (χ1v) is 6.98. The van der Waals surface area contributed by atoms with Crippen molar-refractivity contribution in [1.82, 2.24) is 10.2 Å². The number of hydrogen-bond acceptors (Lipinski definition) is 3. The van der Waals surface area contributed by atoms with Gasteiger partial charge < -0.3 is 10.6 Å². The van der Waals surface area contributed by atoms with Gasteiger partial charge in [0.2, 0.25) is 0 Å². The Kier molecular flexibility index (Phi) is 4.83. The van der Waals surface area contributed by atoms with Crippen molar-refractivity contribution in [3.05, 3.63) is 28.2 Å². The first-order valence-electron chi connectivity index (χ1n) is 6.19. The zero-order valence-electron chi connectivity index (χ0n) is 10.3. The molecule has 0 spiro atoms. The van der Waals surface area contributed by atoms with E-state index in [4.69, 9.17) is 0 Å². The smallest absolute Gasteiger partial charge is 0.0381 e. The van der Waals surface area contributed by atoms with Gasteiger partial charge in [0.15, 0.2) is 0 Å². The third-order valence-electron chi connectivity index (χ3n) is 3.15. The first-order chi connectivity index (χ1) is 8.25. The molecule has 1 fully saturated rings. The lowest BCUT2D eigenvalue weighted by molar-refractivity contribution is 0.249. The molecule has 0 atom stereocenters. The Hall–Kier alpha value is -0.580. The van der Waals surface area contributed by atoms with Gasteiger partial charge in [0.25, 0.3) is 0 Å². The SMILES string of the molecule is Cc1ccc(Br)cc1NCCN1CCNCC1. The maximum absolute atomic E-state index is 3.51. The minimum Gasteiger partial charge on any atom is -0.384 e. The second-order valence-corrected chi connectivity index (χ2v) is 5.39. The number of aryl methyl sites for hydroxylation is 1. The van der Waals surface area contributed by atoms with Crippen LogP contribution in [0, 0.1) is 6.92 Å². The van der Waals surface area contributed by atoms with Crippen LogP contribution in [-0.2, 0) is 0 Å². The van der Waals surface area contributed by atoms with Gasteiger partial charge in [0.05, 0.1) is 0 Å².